The largest absolute Gasteiger partial charge is 0.515 e. The summed E-state index contributed by atoms with van der Waals surface area (Å²) in [5.74, 6) is -0.761. The highest BCUT2D eigenvalue weighted by Gasteiger charge is 2.45. The van der Waals surface area contributed by atoms with E-state index in [2.05, 4.69) is 4.90 Å². The molecule has 2 atom stereocenters. The Morgan fingerprint density at radius 2 is 1.44 bits per heavy atom. The zero-order chi connectivity index (χ0) is 29.8. The molecule has 2 rings (SSSR count). The first-order valence-corrected chi connectivity index (χ1v) is 17.2. The first-order valence-electron chi connectivity index (χ1n) is 15.3. The molecule has 1 saturated carbocycles. The maximum absolute atomic E-state index is 12.4. The summed E-state index contributed by atoms with van der Waals surface area (Å²) in [7, 11) is -3.00. The number of ether oxygens (including phenoxy) is 4. The fourth-order valence-corrected chi connectivity index (χ4v) is 7.83. The Morgan fingerprint density at radius 3 is 2.00 bits per heavy atom. The molecule has 236 valence electrons. The Hall–Kier alpha value is -1.57. The van der Waals surface area contributed by atoms with Crippen molar-refractivity contribution in [3.63, 3.8) is 0 Å². The van der Waals surface area contributed by atoms with E-state index in [1.165, 1.54) is 6.42 Å². The third-order valence-corrected chi connectivity index (χ3v) is 10.1. The molecule has 1 aliphatic carbocycles. The topological polar surface area (TPSA) is 105 Å². The van der Waals surface area contributed by atoms with Gasteiger partial charge in [0.25, 0.3) is 0 Å². The Kier molecular flexibility index (Phi) is 18.4. The maximum Gasteiger partial charge on any atom is 0.515 e. The van der Waals surface area contributed by atoms with Crippen LogP contribution in [0.4, 0.5) is 0 Å². The number of aliphatic carboxylic acids is 1. The minimum Gasteiger partial charge on any atom is -0.491 e. The van der Waals surface area contributed by atoms with Gasteiger partial charge in [0.2, 0.25) is 0 Å². The lowest BCUT2D eigenvalue weighted by atomic mass is 9.93. The van der Waals surface area contributed by atoms with Crippen LogP contribution in [0.25, 0.3) is 0 Å². The molecule has 0 bridgehead atoms. The number of carboxylic acids is 1. The van der Waals surface area contributed by atoms with Crippen LogP contribution in [-0.4, -0.2) is 109 Å². The van der Waals surface area contributed by atoms with Crippen molar-refractivity contribution in [3.8, 4) is 5.75 Å². The molecule has 41 heavy (non-hydrogen) atoms. The predicted molar refractivity (Wildman–Crippen MR) is 159 cm³/mol. The number of rotatable bonds is 24. The predicted octanol–water partition coefficient (Wildman–Crippen LogP) is 4.43. The fraction of sp³-hybridized carbons (Fsp3) is 0.767. The van der Waals surface area contributed by atoms with Crippen molar-refractivity contribution < 1.29 is 42.1 Å². The minimum atomic E-state index is -3.00. The Labute approximate surface area is 247 Å². The molecule has 0 saturated heterocycles. The summed E-state index contributed by atoms with van der Waals surface area (Å²) >= 11 is 0. The first kappa shape index (κ1) is 35.6. The monoisotopic (exact) mass is 599 g/mol. The van der Waals surface area contributed by atoms with Crippen LogP contribution in [-0.2, 0) is 32.3 Å². The number of benzene rings is 1. The van der Waals surface area contributed by atoms with Crippen molar-refractivity contribution in [1.82, 2.24) is 4.90 Å². The van der Waals surface area contributed by atoms with E-state index in [9.17, 15) is 9.90 Å². The van der Waals surface area contributed by atoms with Gasteiger partial charge >= 0.3 is 14.8 Å². The minimum absolute atomic E-state index is 0.271. The molecule has 0 spiro atoms. The van der Waals surface area contributed by atoms with Gasteiger partial charge in [-0.05, 0) is 52.7 Å². The summed E-state index contributed by atoms with van der Waals surface area (Å²) < 4.78 is 41.1. The van der Waals surface area contributed by atoms with E-state index >= 15 is 0 Å². The first-order chi connectivity index (χ1) is 19.9. The molecule has 1 N–H and O–H groups in total. The van der Waals surface area contributed by atoms with Crippen LogP contribution in [0, 0.1) is 5.92 Å². The Morgan fingerprint density at radius 1 is 0.878 bits per heavy atom. The molecule has 2 unspecified atom stereocenters. The van der Waals surface area contributed by atoms with E-state index < -0.39 is 26.8 Å². The Bertz CT molecular complexity index is 780. The van der Waals surface area contributed by atoms with E-state index in [4.69, 9.17) is 32.2 Å². The van der Waals surface area contributed by atoms with Gasteiger partial charge in [0.05, 0.1) is 51.2 Å². The van der Waals surface area contributed by atoms with Crippen LogP contribution >= 0.6 is 0 Å². The molecule has 1 aliphatic rings. The van der Waals surface area contributed by atoms with Gasteiger partial charge in [-0.2, -0.15) is 0 Å². The van der Waals surface area contributed by atoms with Crippen LogP contribution in [0.15, 0.2) is 30.3 Å². The normalized spacial score (nSPS) is 16.1. The highest BCUT2D eigenvalue weighted by atomic mass is 28.4. The van der Waals surface area contributed by atoms with E-state index in [1.54, 1.807) is 0 Å². The molecular formula is C30H53NO9Si. The molecule has 0 radical (unpaired) electrons. The average molecular weight is 600 g/mol. The van der Waals surface area contributed by atoms with Crippen LogP contribution < -0.4 is 4.74 Å². The SMILES string of the molecule is CCO[Si](CN(CC(C(=O)O)C(C)OCCOCCOCCOc1ccccc1)C1CCCCC1)(OCC)OCC. The molecule has 0 heterocycles. The summed E-state index contributed by atoms with van der Waals surface area (Å²) in [4.78, 5) is 14.7. The molecular weight excluding hydrogens is 546 g/mol. The van der Waals surface area contributed by atoms with E-state index in [-0.39, 0.29) is 6.04 Å². The lowest BCUT2D eigenvalue weighted by Crippen LogP contribution is -2.59. The van der Waals surface area contributed by atoms with Gasteiger partial charge in [-0.15, -0.1) is 0 Å². The second-order valence-corrected chi connectivity index (χ2v) is 12.7. The van der Waals surface area contributed by atoms with Crippen molar-refractivity contribution in [2.75, 3.05) is 72.2 Å². The lowest BCUT2D eigenvalue weighted by molar-refractivity contribution is -0.149. The van der Waals surface area contributed by atoms with Gasteiger partial charge in [0, 0.05) is 32.4 Å². The van der Waals surface area contributed by atoms with E-state index in [1.807, 2.05) is 58.0 Å². The molecule has 0 aromatic heterocycles. The molecule has 1 fully saturated rings. The summed E-state index contributed by atoms with van der Waals surface area (Å²) in [6, 6.07) is 9.89. The zero-order valence-electron chi connectivity index (χ0n) is 25.6. The zero-order valence-corrected chi connectivity index (χ0v) is 26.6. The summed E-state index contributed by atoms with van der Waals surface area (Å²) in [5, 5.41) is 10.2. The highest BCUT2D eigenvalue weighted by Crippen LogP contribution is 2.27. The number of nitrogens with zero attached hydrogens (tertiary/aromatic N) is 1. The molecule has 10 nitrogen and oxygen atoms in total. The standard InChI is InChI=1S/C30H53NO9Si/c1-5-38-41(39-6-2,40-7-3)25-31(27-14-10-8-11-15-27)24-29(30(32)33)26(4)36-22-20-34-18-19-35-21-23-37-28-16-12-9-13-17-28/h9,12-13,16-17,26-27,29H,5-8,10-11,14-15,18-25H2,1-4H3,(H,32,33). The lowest BCUT2D eigenvalue weighted by Gasteiger charge is -2.40. The average Bonchev–Trinajstić information content (AvgIpc) is 2.97. The summed E-state index contributed by atoms with van der Waals surface area (Å²) in [6.45, 7) is 12.0. The quantitative estimate of drug-likeness (QED) is 0.136. The molecule has 1 aromatic rings. The van der Waals surface area contributed by atoms with Gasteiger partial charge in [0.15, 0.2) is 0 Å². The fourth-order valence-electron chi connectivity index (χ4n) is 5.11. The second kappa shape index (κ2) is 21.2. The number of hydrogen-bond donors (Lipinski definition) is 1. The van der Waals surface area contributed by atoms with Crippen molar-refractivity contribution in [2.45, 2.75) is 71.9 Å². The van der Waals surface area contributed by atoms with Crippen LogP contribution in [0.5, 0.6) is 5.75 Å². The molecule has 1 aromatic carbocycles. The molecule has 11 heteroatoms. The third-order valence-electron chi connectivity index (χ3n) is 7.12. The van der Waals surface area contributed by atoms with Crippen LogP contribution in [0.1, 0.15) is 59.8 Å². The number of hydrogen-bond acceptors (Lipinski definition) is 9. The summed E-state index contributed by atoms with van der Waals surface area (Å²) in [5.41, 5.74) is 0. The van der Waals surface area contributed by atoms with Crippen LogP contribution in [0.3, 0.4) is 0 Å². The van der Waals surface area contributed by atoms with Crippen LogP contribution in [0.2, 0.25) is 0 Å². The van der Waals surface area contributed by atoms with Gasteiger partial charge in [0.1, 0.15) is 12.4 Å². The smallest absolute Gasteiger partial charge is 0.491 e. The van der Waals surface area contributed by atoms with Crippen molar-refractivity contribution in [2.24, 2.45) is 5.92 Å². The molecule has 0 amide bonds. The van der Waals surface area contributed by atoms with Crippen molar-refractivity contribution in [3.05, 3.63) is 30.3 Å². The molecule has 0 aliphatic heterocycles. The van der Waals surface area contributed by atoms with Gasteiger partial charge in [-0.3, -0.25) is 9.69 Å². The Balaban J connectivity index is 1.81. The number of carboxylic acid groups (broad SMARTS) is 1. The van der Waals surface area contributed by atoms with Gasteiger partial charge in [-0.1, -0.05) is 37.5 Å². The van der Waals surface area contributed by atoms with Gasteiger partial charge < -0.3 is 37.3 Å². The maximum atomic E-state index is 12.4. The second-order valence-electron chi connectivity index (χ2n) is 10.1. The van der Waals surface area contributed by atoms with Crippen molar-refractivity contribution >= 4 is 14.8 Å². The van der Waals surface area contributed by atoms with E-state index in [0.717, 1.165) is 31.4 Å². The third kappa shape index (κ3) is 14.0. The van der Waals surface area contributed by atoms with E-state index in [0.29, 0.717) is 72.2 Å². The number of carbonyl (C=O) groups is 1. The summed E-state index contributed by atoms with van der Waals surface area (Å²) in [6.07, 6.45) is 5.54. The van der Waals surface area contributed by atoms with Gasteiger partial charge in [-0.25, -0.2) is 0 Å². The number of para-hydroxylation sites is 1. The highest BCUT2D eigenvalue weighted by molar-refractivity contribution is 6.60. The van der Waals surface area contributed by atoms with Crippen molar-refractivity contribution in [1.29, 1.82) is 0 Å².